The van der Waals surface area contributed by atoms with Gasteiger partial charge in [0.1, 0.15) is 4.90 Å². The quantitative estimate of drug-likeness (QED) is 0.704. The molecule has 0 radical (unpaired) electrons. The van der Waals surface area contributed by atoms with Gasteiger partial charge in [0.25, 0.3) is 10.0 Å². The molecule has 0 fully saturated rings. The number of carbonyl (C=O) groups is 1. The Morgan fingerprint density at radius 1 is 1.22 bits per heavy atom. The summed E-state index contributed by atoms with van der Waals surface area (Å²) in [7, 11) is -2.24. The van der Waals surface area contributed by atoms with Crippen LogP contribution in [0.2, 0.25) is 0 Å². The largest absolute Gasteiger partial charge is 0.309 e. The summed E-state index contributed by atoms with van der Waals surface area (Å²) in [6, 6.07) is 9.17. The minimum atomic E-state index is -3.80. The number of amides is 1. The topological polar surface area (TPSA) is 57.7 Å². The van der Waals surface area contributed by atoms with E-state index in [2.05, 4.69) is 15.9 Å². The van der Waals surface area contributed by atoms with E-state index in [9.17, 15) is 13.2 Å². The summed E-state index contributed by atoms with van der Waals surface area (Å²) in [4.78, 5) is 13.9. The van der Waals surface area contributed by atoms with E-state index in [0.29, 0.717) is 22.3 Å². The van der Waals surface area contributed by atoms with Crippen molar-refractivity contribution in [3.05, 3.63) is 51.5 Å². The fourth-order valence-electron chi connectivity index (χ4n) is 3.63. The highest BCUT2D eigenvalue weighted by atomic mass is 79.9. The van der Waals surface area contributed by atoms with Crippen LogP contribution in [0.4, 0.5) is 11.4 Å². The standard InChI is InChI=1S/C20H23BrN2O3S/c1-12-6-7-13(2)18(8-12)22(5)27(25,26)20-11-19-16(10-17(20)21)9-14(3)23(19)15(4)24/h6-8,10-11,14H,9H2,1-5H3. The lowest BCUT2D eigenvalue weighted by molar-refractivity contribution is -0.116. The van der Waals surface area contributed by atoms with Gasteiger partial charge in [-0.15, -0.1) is 0 Å². The van der Waals surface area contributed by atoms with E-state index >= 15 is 0 Å². The molecule has 27 heavy (non-hydrogen) atoms. The maximum atomic E-state index is 13.4. The number of fused-ring (bicyclic) bond motifs is 1. The van der Waals surface area contributed by atoms with Crippen LogP contribution in [-0.4, -0.2) is 27.4 Å². The van der Waals surface area contributed by atoms with Crippen LogP contribution in [0.15, 0.2) is 39.7 Å². The molecule has 144 valence electrons. The molecule has 0 aliphatic carbocycles. The van der Waals surface area contributed by atoms with E-state index in [1.165, 1.54) is 11.2 Å². The number of hydrogen-bond acceptors (Lipinski definition) is 3. The lowest BCUT2D eigenvalue weighted by Crippen LogP contribution is -2.34. The molecule has 3 rings (SSSR count). The molecule has 2 aromatic rings. The zero-order valence-electron chi connectivity index (χ0n) is 16.1. The van der Waals surface area contributed by atoms with Crippen LogP contribution in [0.5, 0.6) is 0 Å². The van der Waals surface area contributed by atoms with Gasteiger partial charge in [-0.1, -0.05) is 12.1 Å². The third-order valence-corrected chi connectivity index (χ3v) is 7.76. The van der Waals surface area contributed by atoms with Gasteiger partial charge in [-0.05, 0) is 78.0 Å². The molecule has 1 aliphatic heterocycles. The number of hydrogen-bond donors (Lipinski definition) is 0. The number of benzene rings is 2. The number of halogens is 1. The number of rotatable bonds is 3. The van der Waals surface area contributed by atoms with Crippen molar-refractivity contribution in [2.45, 2.75) is 45.1 Å². The number of aryl methyl sites for hydroxylation is 2. The maximum Gasteiger partial charge on any atom is 0.265 e. The van der Waals surface area contributed by atoms with Crippen LogP contribution >= 0.6 is 15.9 Å². The molecule has 0 bridgehead atoms. The zero-order valence-corrected chi connectivity index (χ0v) is 18.5. The third kappa shape index (κ3) is 3.38. The van der Waals surface area contributed by atoms with Crippen molar-refractivity contribution in [2.24, 2.45) is 0 Å². The molecule has 0 N–H and O–H groups in total. The number of carbonyl (C=O) groups excluding carboxylic acids is 1. The molecule has 0 spiro atoms. The van der Waals surface area contributed by atoms with Gasteiger partial charge in [-0.2, -0.15) is 0 Å². The van der Waals surface area contributed by atoms with Crippen molar-refractivity contribution >= 4 is 43.2 Å². The second-order valence-corrected chi connectivity index (χ2v) is 9.91. The lowest BCUT2D eigenvalue weighted by Gasteiger charge is -2.24. The van der Waals surface area contributed by atoms with Crippen molar-refractivity contribution in [3.63, 3.8) is 0 Å². The lowest BCUT2D eigenvalue weighted by atomic mass is 10.1. The molecular formula is C20H23BrN2O3S. The second kappa shape index (κ2) is 6.95. The van der Waals surface area contributed by atoms with E-state index in [0.717, 1.165) is 16.7 Å². The molecular weight excluding hydrogens is 428 g/mol. The number of sulfonamides is 1. The summed E-state index contributed by atoms with van der Waals surface area (Å²) < 4.78 is 28.5. The normalized spacial score (nSPS) is 16.4. The molecule has 0 aromatic heterocycles. The fraction of sp³-hybridized carbons (Fsp3) is 0.350. The van der Waals surface area contributed by atoms with Gasteiger partial charge in [-0.3, -0.25) is 9.10 Å². The molecule has 0 saturated heterocycles. The van der Waals surface area contributed by atoms with E-state index in [4.69, 9.17) is 0 Å². The van der Waals surface area contributed by atoms with Gasteiger partial charge >= 0.3 is 0 Å². The Morgan fingerprint density at radius 3 is 2.52 bits per heavy atom. The van der Waals surface area contributed by atoms with Crippen LogP contribution < -0.4 is 9.21 Å². The summed E-state index contributed by atoms with van der Waals surface area (Å²) in [6.45, 7) is 7.29. The Morgan fingerprint density at radius 2 is 1.89 bits per heavy atom. The van der Waals surface area contributed by atoms with E-state index < -0.39 is 10.0 Å². The molecule has 5 nitrogen and oxygen atoms in total. The molecule has 1 unspecified atom stereocenters. The average Bonchev–Trinajstić information content (AvgIpc) is 2.90. The molecule has 7 heteroatoms. The van der Waals surface area contributed by atoms with Crippen molar-refractivity contribution in [1.29, 1.82) is 0 Å². The van der Waals surface area contributed by atoms with Crippen molar-refractivity contribution in [3.8, 4) is 0 Å². The average molecular weight is 451 g/mol. The predicted molar refractivity (Wildman–Crippen MR) is 112 cm³/mol. The smallest absolute Gasteiger partial charge is 0.265 e. The Bertz CT molecular complexity index is 1030. The third-order valence-electron chi connectivity index (χ3n) is 5.03. The Hall–Kier alpha value is -1.86. The first kappa shape index (κ1) is 19.9. The second-order valence-electron chi connectivity index (χ2n) is 7.12. The van der Waals surface area contributed by atoms with Gasteiger partial charge in [0.15, 0.2) is 0 Å². The first-order valence-electron chi connectivity index (χ1n) is 8.72. The monoisotopic (exact) mass is 450 g/mol. The van der Waals surface area contributed by atoms with Gasteiger partial charge in [0.2, 0.25) is 5.91 Å². The number of nitrogens with zero attached hydrogens (tertiary/aromatic N) is 2. The Labute approximate surface area is 169 Å². The van der Waals surface area contributed by atoms with Crippen molar-refractivity contribution in [1.82, 2.24) is 0 Å². The maximum absolute atomic E-state index is 13.4. The highest BCUT2D eigenvalue weighted by Crippen LogP contribution is 2.39. The highest BCUT2D eigenvalue weighted by Gasteiger charge is 2.33. The zero-order chi connectivity index (χ0) is 20.1. The summed E-state index contributed by atoms with van der Waals surface area (Å²) in [5.41, 5.74) is 4.15. The van der Waals surface area contributed by atoms with E-state index in [1.807, 2.05) is 45.0 Å². The Balaban J connectivity index is 2.13. The van der Waals surface area contributed by atoms with E-state index in [1.54, 1.807) is 18.0 Å². The molecule has 2 aromatic carbocycles. The highest BCUT2D eigenvalue weighted by molar-refractivity contribution is 9.10. The van der Waals surface area contributed by atoms with Crippen molar-refractivity contribution in [2.75, 3.05) is 16.3 Å². The summed E-state index contributed by atoms with van der Waals surface area (Å²) >= 11 is 3.43. The summed E-state index contributed by atoms with van der Waals surface area (Å²) in [6.07, 6.45) is 0.709. The molecule has 0 saturated carbocycles. The minimum absolute atomic E-state index is 0.0131. The fourth-order valence-corrected chi connectivity index (χ4v) is 5.95. The first-order chi connectivity index (χ1) is 12.5. The molecule has 1 heterocycles. The van der Waals surface area contributed by atoms with Gasteiger partial charge < -0.3 is 4.90 Å². The predicted octanol–water partition coefficient (Wildman–Crippen LogP) is 4.19. The van der Waals surface area contributed by atoms with Crippen LogP contribution in [0.1, 0.15) is 30.5 Å². The summed E-state index contributed by atoms with van der Waals surface area (Å²) in [5.74, 6) is -0.0881. The summed E-state index contributed by atoms with van der Waals surface area (Å²) in [5, 5.41) is 0. The SMILES string of the molecule is CC(=O)N1c2cc(S(=O)(=O)N(C)c3cc(C)ccc3C)c(Br)cc2CC1C. The first-order valence-corrected chi connectivity index (χ1v) is 11.0. The van der Waals surface area contributed by atoms with Gasteiger partial charge in [0.05, 0.1) is 5.69 Å². The van der Waals surface area contributed by atoms with Crippen LogP contribution in [0.3, 0.4) is 0 Å². The molecule has 1 aliphatic rings. The Kier molecular flexibility index (Phi) is 5.12. The van der Waals surface area contributed by atoms with Crippen molar-refractivity contribution < 1.29 is 13.2 Å². The van der Waals surface area contributed by atoms with Gasteiger partial charge in [0, 0.05) is 30.2 Å². The molecule has 1 atom stereocenters. The van der Waals surface area contributed by atoms with Gasteiger partial charge in [-0.25, -0.2) is 8.42 Å². The molecule has 1 amide bonds. The van der Waals surface area contributed by atoms with Crippen LogP contribution in [-0.2, 0) is 21.2 Å². The minimum Gasteiger partial charge on any atom is -0.309 e. The van der Waals surface area contributed by atoms with Crippen LogP contribution in [0, 0.1) is 13.8 Å². The van der Waals surface area contributed by atoms with Crippen LogP contribution in [0.25, 0.3) is 0 Å². The van der Waals surface area contributed by atoms with E-state index in [-0.39, 0.29) is 16.8 Å². The number of anilines is 2.